The summed E-state index contributed by atoms with van der Waals surface area (Å²) < 4.78 is 7.16. The SMILES string of the molecule is COCc1ccc(CNC2CCCc3c2cnn3C)cc1. The van der Waals surface area contributed by atoms with E-state index in [-0.39, 0.29) is 0 Å². The van der Waals surface area contributed by atoms with Gasteiger partial charge in [0.2, 0.25) is 0 Å². The predicted molar refractivity (Wildman–Crippen MR) is 82.9 cm³/mol. The fraction of sp³-hybridized carbons (Fsp3) is 0.471. The Kier molecular flexibility index (Phi) is 4.36. The summed E-state index contributed by atoms with van der Waals surface area (Å²) in [6.45, 7) is 1.57. The number of hydrogen-bond acceptors (Lipinski definition) is 3. The third-order valence-electron chi connectivity index (χ3n) is 4.26. The van der Waals surface area contributed by atoms with E-state index < -0.39 is 0 Å². The van der Waals surface area contributed by atoms with Crippen LogP contribution in [0.5, 0.6) is 0 Å². The molecule has 1 atom stereocenters. The molecule has 1 aromatic heterocycles. The standard InChI is InChI=1S/C17H23N3O/c1-20-17-5-3-4-16(15(17)11-19-20)18-10-13-6-8-14(9-7-13)12-21-2/h6-9,11,16,18H,3-5,10,12H2,1-2H3. The molecule has 3 rings (SSSR count). The summed E-state index contributed by atoms with van der Waals surface area (Å²) in [7, 11) is 3.76. The second-order valence-corrected chi connectivity index (χ2v) is 5.75. The molecule has 1 unspecified atom stereocenters. The molecule has 0 saturated carbocycles. The van der Waals surface area contributed by atoms with Gasteiger partial charge >= 0.3 is 0 Å². The van der Waals surface area contributed by atoms with Gasteiger partial charge in [-0.15, -0.1) is 0 Å². The van der Waals surface area contributed by atoms with Crippen LogP contribution in [-0.4, -0.2) is 16.9 Å². The molecule has 0 saturated heterocycles. The summed E-state index contributed by atoms with van der Waals surface area (Å²) in [5, 5.41) is 8.07. The summed E-state index contributed by atoms with van der Waals surface area (Å²) in [6, 6.07) is 9.05. The minimum Gasteiger partial charge on any atom is -0.380 e. The molecule has 1 N–H and O–H groups in total. The second kappa shape index (κ2) is 6.41. The number of nitrogens with one attached hydrogen (secondary N) is 1. The molecular formula is C17H23N3O. The molecule has 0 radical (unpaired) electrons. The smallest absolute Gasteiger partial charge is 0.0713 e. The normalized spacial score (nSPS) is 17.7. The van der Waals surface area contributed by atoms with E-state index in [4.69, 9.17) is 4.74 Å². The quantitative estimate of drug-likeness (QED) is 0.918. The number of methoxy groups -OCH3 is 1. The highest BCUT2D eigenvalue weighted by Crippen LogP contribution is 2.29. The number of aromatic nitrogens is 2. The molecule has 0 amide bonds. The Hall–Kier alpha value is -1.65. The number of benzene rings is 1. The van der Waals surface area contributed by atoms with Crippen molar-refractivity contribution in [2.45, 2.75) is 38.5 Å². The van der Waals surface area contributed by atoms with Crippen molar-refractivity contribution in [1.29, 1.82) is 0 Å². The lowest BCUT2D eigenvalue weighted by atomic mass is 9.93. The molecule has 4 heteroatoms. The van der Waals surface area contributed by atoms with E-state index in [0.29, 0.717) is 12.6 Å². The van der Waals surface area contributed by atoms with Crippen LogP contribution in [0.4, 0.5) is 0 Å². The van der Waals surface area contributed by atoms with Crippen molar-refractivity contribution in [2.24, 2.45) is 7.05 Å². The Labute approximate surface area is 126 Å². The fourth-order valence-corrected chi connectivity index (χ4v) is 3.08. The van der Waals surface area contributed by atoms with E-state index >= 15 is 0 Å². The molecule has 2 aromatic rings. The minimum atomic E-state index is 0.432. The van der Waals surface area contributed by atoms with Crippen molar-refractivity contribution in [2.75, 3.05) is 7.11 Å². The summed E-state index contributed by atoms with van der Waals surface area (Å²) >= 11 is 0. The van der Waals surface area contributed by atoms with E-state index in [2.05, 4.69) is 34.7 Å². The lowest BCUT2D eigenvalue weighted by Crippen LogP contribution is -2.24. The van der Waals surface area contributed by atoms with Gasteiger partial charge in [0.05, 0.1) is 12.8 Å². The van der Waals surface area contributed by atoms with Gasteiger partial charge in [-0.2, -0.15) is 5.10 Å². The minimum absolute atomic E-state index is 0.432. The molecule has 112 valence electrons. The molecule has 0 aliphatic heterocycles. The first kappa shape index (κ1) is 14.3. The van der Waals surface area contributed by atoms with Crippen LogP contribution >= 0.6 is 0 Å². The molecular weight excluding hydrogens is 262 g/mol. The van der Waals surface area contributed by atoms with Gasteiger partial charge < -0.3 is 10.1 Å². The van der Waals surface area contributed by atoms with Crippen LogP contribution in [0.2, 0.25) is 0 Å². The third-order valence-corrected chi connectivity index (χ3v) is 4.26. The lowest BCUT2D eigenvalue weighted by molar-refractivity contribution is 0.185. The van der Waals surface area contributed by atoms with E-state index in [1.807, 2.05) is 17.9 Å². The molecule has 0 fully saturated rings. The first-order valence-corrected chi connectivity index (χ1v) is 7.59. The number of hydrogen-bond donors (Lipinski definition) is 1. The molecule has 0 bridgehead atoms. The Morgan fingerprint density at radius 3 is 2.81 bits per heavy atom. The van der Waals surface area contributed by atoms with E-state index in [1.54, 1.807) is 7.11 Å². The van der Waals surface area contributed by atoms with Gasteiger partial charge in [-0.1, -0.05) is 24.3 Å². The molecule has 1 aliphatic carbocycles. The lowest BCUT2D eigenvalue weighted by Gasteiger charge is -2.24. The second-order valence-electron chi connectivity index (χ2n) is 5.75. The summed E-state index contributed by atoms with van der Waals surface area (Å²) in [5.74, 6) is 0. The molecule has 1 aromatic carbocycles. The maximum atomic E-state index is 5.14. The maximum Gasteiger partial charge on any atom is 0.0713 e. The van der Waals surface area contributed by atoms with Crippen LogP contribution in [0.3, 0.4) is 0 Å². The number of ether oxygens (including phenoxy) is 1. The number of aryl methyl sites for hydroxylation is 1. The highest BCUT2D eigenvalue weighted by atomic mass is 16.5. The van der Waals surface area contributed by atoms with Crippen LogP contribution in [0.1, 0.15) is 41.3 Å². The first-order chi connectivity index (χ1) is 10.3. The van der Waals surface area contributed by atoms with E-state index in [0.717, 1.165) is 13.0 Å². The maximum absolute atomic E-state index is 5.14. The van der Waals surface area contributed by atoms with Gasteiger partial charge in [0.25, 0.3) is 0 Å². The topological polar surface area (TPSA) is 39.1 Å². The van der Waals surface area contributed by atoms with Gasteiger partial charge in [0.15, 0.2) is 0 Å². The zero-order valence-corrected chi connectivity index (χ0v) is 12.8. The molecule has 0 spiro atoms. The van der Waals surface area contributed by atoms with Gasteiger partial charge in [-0.05, 0) is 30.4 Å². The Morgan fingerprint density at radius 2 is 2.05 bits per heavy atom. The van der Waals surface area contributed by atoms with E-state index in [1.165, 1.54) is 35.2 Å². The van der Waals surface area contributed by atoms with E-state index in [9.17, 15) is 0 Å². The number of fused-ring (bicyclic) bond motifs is 1. The molecule has 1 aliphatic rings. The van der Waals surface area contributed by atoms with Crippen molar-refractivity contribution in [3.05, 3.63) is 52.8 Å². The average molecular weight is 285 g/mol. The molecule has 1 heterocycles. The van der Waals surface area contributed by atoms with Crippen molar-refractivity contribution >= 4 is 0 Å². The van der Waals surface area contributed by atoms with Crippen molar-refractivity contribution in [1.82, 2.24) is 15.1 Å². The first-order valence-electron chi connectivity index (χ1n) is 7.59. The van der Waals surface area contributed by atoms with Crippen LogP contribution in [0.25, 0.3) is 0 Å². The van der Waals surface area contributed by atoms with Crippen molar-refractivity contribution in [3.8, 4) is 0 Å². The fourth-order valence-electron chi connectivity index (χ4n) is 3.08. The Morgan fingerprint density at radius 1 is 1.29 bits per heavy atom. The Bertz CT molecular complexity index is 589. The van der Waals surface area contributed by atoms with Crippen LogP contribution in [0.15, 0.2) is 30.5 Å². The monoisotopic (exact) mass is 285 g/mol. The summed E-state index contributed by atoms with van der Waals surface area (Å²) in [4.78, 5) is 0. The highest BCUT2D eigenvalue weighted by molar-refractivity contribution is 5.26. The molecule has 4 nitrogen and oxygen atoms in total. The van der Waals surface area contributed by atoms with Crippen LogP contribution in [0, 0.1) is 0 Å². The van der Waals surface area contributed by atoms with Crippen molar-refractivity contribution < 1.29 is 4.74 Å². The largest absolute Gasteiger partial charge is 0.380 e. The number of nitrogens with zero attached hydrogens (tertiary/aromatic N) is 2. The predicted octanol–water partition coefficient (Wildman–Crippen LogP) is 2.73. The van der Waals surface area contributed by atoms with Gasteiger partial charge in [0.1, 0.15) is 0 Å². The van der Waals surface area contributed by atoms with Gasteiger partial charge in [0, 0.05) is 38.0 Å². The third kappa shape index (κ3) is 3.17. The highest BCUT2D eigenvalue weighted by Gasteiger charge is 2.22. The summed E-state index contributed by atoms with van der Waals surface area (Å²) in [6.07, 6.45) is 5.60. The number of rotatable bonds is 5. The average Bonchev–Trinajstić information content (AvgIpc) is 2.89. The van der Waals surface area contributed by atoms with Crippen LogP contribution < -0.4 is 5.32 Å². The summed E-state index contributed by atoms with van der Waals surface area (Å²) in [5.41, 5.74) is 5.29. The van der Waals surface area contributed by atoms with Crippen molar-refractivity contribution in [3.63, 3.8) is 0 Å². The van der Waals surface area contributed by atoms with Crippen LogP contribution in [-0.2, 0) is 31.4 Å². The van der Waals surface area contributed by atoms with Gasteiger partial charge in [-0.25, -0.2) is 0 Å². The zero-order chi connectivity index (χ0) is 14.7. The zero-order valence-electron chi connectivity index (χ0n) is 12.8. The molecule has 21 heavy (non-hydrogen) atoms. The Balaban J connectivity index is 1.63. The van der Waals surface area contributed by atoms with Gasteiger partial charge in [-0.3, -0.25) is 4.68 Å².